The average molecular weight is 370 g/mol. The Balaban J connectivity index is 2.03. The van der Waals surface area contributed by atoms with Crippen molar-refractivity contribution in [2.45, 2.75) is 13.2 Å². The van der Waals surface area contributed by atoms with Gasteiger partial charge in [0.05, 0.1) is 11.4 Å². The van der Waals surface area contributed by atoms with E-state index in [2.05, 4.69) is 9.98 Å². The first-order valence-electron chi connectivity index (χ1n) is 7.88. The van der Waals surface area contributed by atoms with Crippen LogP contribution in [0.5, 0.6) is 0 Å². The highest BCUT2D eigenvalue weighted by molar-refractivity contribution is 6.31. The molecule has 2 aromatic carbocycles. The maximum atomic E-state index is 14.5. The number of imidazole rings is 1. The molecule has 1 aromatic heterocycles. The molecule has 130 valence electrons. The second-order valence-corrected chi connectivity index (χ2v) is 6.17. The van der Waals surface area contributed by atoms with Crippen LogP contribution >= 0.6 is 11.6 Å². The van der Waals surface area contributed by atoms with Crippen molar-refractivity contribution in [2.75, 3.05) is 0 Å². The van der Waals surface area contributed by atoms with Crippen LogP contribution in [0, 0.1) is 5.82 Å². The summed E-state index contributed by atoms with van der Waals surface area (Å²) in [5.74, 6) is -0.515. The minimum atomic E-state index is -0.997. The van der Waals surface area contributed by atoms with Gasteiger partial charge < -0.3 is 4.74 Å². The zero-order chi connectivity index (χ0) is 18.3. The predicted octanol–water partition coefficient (Wildman–Crippen LogP) is 4.08. The van der Waals surface area contributed by atoms with E-state index in [1.165, 1.54) is 13.0 Å². The van der Waals surface area contributed by atoms with Crippen LogP contribution in [0.1, 0.15) is 30.1 Å². The van der Waals surface area contributed by atoms with E-state index in [0.29, 0.717) is 27.7 Å². The third-order valence-electron chi connectivity index (χ3n) is 4.02. The minimum Gasteiger partial charge on any atom is -0.432 e. The van der Waals surface area contributed by atoms with Crippen molar-refractivity contribution in [2.24, 2.45) is 4.99 Å². The predicted molar refractivity (Wildman–Crippen MR) is 95.1 cm³/mol. The molecule has 3 aromatic rings. The van der Waals surface area contributed by atoms with E-state index in [1.807, 2.05) is 0 Å². The smallest absolute Gasteiger partial charge is 0.304 e. The van der Waals surface area contributed by atoms with Gasteiger partial charge in [0.1, 0.15) is 5.82 Å². The van der Waals surface area contributed by atoms with Crippen LogP contribution in [-0.4, -0.2) is 21.2 Å². The molecule has 1 aliphatic heterocycles. The summed E-state index contributed by atoms with van der Waals surface area (Å²) in [6.07, 6.45) is 2.33. The van der Waals surface area contributed by atoms with Crippen molar-refractivity contribution < 1.29 is 13.9 Å². The van der Waals surface area contributed by atoms with E-state index in [-0.39, 0.29) is 0 Å². The second-order valence-electron chi connectivity index (χ2n) is 5.74. The second kappa shape index (κ2) is 6.38. The summed E-state index contributed by atoms with van der Waals surface area (Å²) in [4.78, 5) is 20.4. The van der Waals surface area contributed by atoms with Gasteiger partial charge in [0.15, 0.2) is 5.82 Å². The average Bonchev–Trinajstić information content (AvgIpc) is 3.04. The molecule has 0 saturated carbocycles. The number of nitrogens with zero attached hydrogens (tertiary/aromatic N) is 3. The third kappa shape index (κ3) is 2.78. The number of aliphatic imine (C=N–C) groups is 1. The number of carbonyl (C=O) groups is 1. The number of hydrogen-bond donors (Lipinski definition) is 0. The van der Waals surface area contributed by atoms with Crippen LogP contribution in [0.3, 0.4) is 0 Å². The highest BCUT2D eigenvalue weighted by Gasteiger charge is 2.28. The van der Waals surface area contributed by atoms with Crippen LogP contribution in [0.2, 0.25) is 5.02 Å². The minimum absolute atomic E-state index is 0.291. The maximum absolute atomic E-state index is 14.5. The maximum Gasteiger partial charge on any atom is 0.304 e. The normalized spacial score (nSPS) is 15.5. The first-order chi connectivity index (χ1) is 12.5. The quantitative estimate of drug-likeness (QED) is 0.640. The monoisotopic (exact) mass is 369 g/mol. The molecule has 0 spiro atoms. The SMILES string of the molecule is CC(=O)OC1N=C(c2ccccc2F)c2cc(Cl)ccc2-n2ccnc21. The number of hydrogen-bond acceptors (Lipinski definition) is 4. The number of benzene rings is 2. The van der Waals surface area contributed by atoms with Crippen LogP contribution in [0.15, 0.2) is 59.9 Å². The topological polar surface area (TPSA) is 56.5 Å². The highest BCUT2D eigenvalue weighted by Crippen LogP contribution is 2.32. The molecule has 4 rings (SSSR count). The van der Waals surface area contributed by atoms with Crippen LogP contribution < -0.4 is 0 Å². The van der Waals surface area contributed by atoms with Crippen molar-refractivity contribution in [1.29, 1.82) is 0 Å². The number of fused-ring (bicyclic) bond motifs is 3. The zero-order valence-electron chi connectivity index (χ0n) is 13.7. The van der Waals surface area contributed by atoms with Crippen LogP contribution in [0.4, 0.5) is 4.39 Å². The largest absolute Gasteiger partial charge is 0.432 e. The lowest BCUT2D eigenvalue weighted by atomic mass is 10.00. The summed E-state index contributed by atoms with van der Waals surface area (Å²) in [5.41, 5.74) is 1.98. The fourth-order valence-electron chi connectivity index (χ4n) is 2.96. The van der Waals surface area contributed by atoms with Crippen molar-refractivity contribution in [3.05, 3.63) is 82.6 Å². The Kier molecular flexibility index (Phi) is 4.05. The van der Waals surface area contributed by atoms with Gasteiger partial charge >= 0.3 is 5.97 Å². The lowest BCUT2D eigenvalue weighted by molar-refractivity contribution is -0.146. The molecule has 2 heterocycles. The highest BCUT2D eigenvalue weighted by atomic mass is 35.5. The number of esters is 1. The van der Waals surface area contributed by atoms with Gasteiger partial charge in [0, 0.05) is 35.5 Å². The Morgan fingerprint density at radius 3 is 2.81 bits per heavy atom. The number of carbonyl (C=O) groups excluding carboxylic acids is 1. The van der Waals surface area contributed by atoms with E-state index in [9.17, 15) is 9.18 Å². The lowest BCUT2D eigenvalue weighted by Gasteiger charge is -2.12. The molecule has 1 aliphatic rings. The molecule has 0 bridgehead atoms. The van der Waals surface area contributed by atoms with Crippen LogP contribution in [0.25, 0.3) is 5.69 Å². The Morgan fingerprint density at radius 1 is 1.23 bits per heavy atom. The molecule has 7 heteroatoms. The molecule has 0 saturated heterocycles. The molecular weight excluding hydrogens is 357 g/mol. The zero-order valence-corrected chi connectivity index (χ0v) is 14.4. The van der Waals surface area contributed by atoms with E-state index < -0.39 is 18.0 Å². The number of ether oxygens (including phenoxy) is 1. The molecule has 0 radical (unpaired) electrons. The van der Waals surface area contributed by atoms with Gasteiger partial charge in [-0.25, -0.2) is 14.4 Å². The Morgan fingerprint density at radius 2 is 2.04 bits per heavy atom. The van der Waals surface area contributed by atoms with Gasteiger partial charge in [0.25, 0.3) is 6.23 Å². The molecule has 0 N–H and O–H groups in total. The first-order valence-corrected chi connectivity index (χ1v) is 8.26. The van der Waals surface area contributed by atoms with E-state index in [0.717, 1.165) is 5.69 Å². The molecular formula is C19H13ClFN3O2. The van der Waals surface area contributed by atoms with Crippen molar-refractivity contribution in [3.8, 4) is 5.69 Å². The molecule has 5 nitrogen and oxygen atoms in total. The van der Waals surface area contributed by atoms with Gasteiger partial charge in [-0.2, -0.15) is 0 Å². The van der Waals surface area contributed by atoms with E-state index in [1.54, 1.807) is 53.4 Å². The summed E-state index contributed by atoms with van der Waals surface area (Å²) in [6.45, 7) is 1.29. The first kappa shape index (κ1) is 16.5. The van der Waals surface area contributed by atoms with E-state index >= 15 is 0 Å². The van der Waals surface area contributed by atoms with Gasteiger partial charge in [-0.1, -0.05) is 23.7 Å². The molecule has 0 aliphatic carbocycles. The van der Waals surface area contributed by atoms with Gasteiger partial charge in [-0.05, 0) is 30.3 Å². The fourth-order valence-corrected chi connectivity index (χ4v) is 3.13. The van der Waals surface area contributed by atoms with Crippen molar-refractivity contribution in [1.82, 2.24) is 9.55 Å². The molecule has 1 unspecified atom stereocenters. The molecule has 26 heavy (non-hydrogen) atoms. The number of aromatic nitrogens is 2. The molecule has 0 fully saturated rings. The molecule has 0 amide bonds. The summed E-state index contributed by atoms with van der Waals surface area (Å²) in [6, 6.07) is 11.5. The number of halogens is 2. The third-order valence-corrected chi connectivity index (χ3v) is 4.25. The van der Waals surface area contributed by atoms with Crippen molar-refractivity contribution >= 4 is 23.3 Å². The fraction of sp³-hybridized carbons (Fsp3) is 0.105. The van der Waals surface area contributed by atoms with E-state index in [4.69, 9.17) is 16.3 Å². The summed E-state index contributed by atoms with van der Waals surface area (Å²) < 4.78 is 21.6. The van der Waals surface area contributed by atoms with Gasteiger partial charge in [0.2, 0.25) is 0 Å². The van der Waals surface area contributed by atoms with Gasteiger partial charge in [-0.15, -0.1) is 0 Å². The van der Waals surface area contributed by atoms with Gasteiger partial charge in [-0.3, -0.25) is 9.36 Å². The Hall–Kier alpha value is -2.99. The Bertz CT molecular complexity index is 1040. The van der Waals surface area contributed by atoms with Crippen LogP contribution in [-0.2, 0) is 9.53 Å². The lowest BCUT2D eigenvalue weighted by Crippen LogP contribution is -2.12. The van der Waals surface area contributed by atoms with Crippen molar-refractivity contribution in [3.63, 3.8) is 0 Å². The number of rotatable bonds is 2. The Labute approximate surface area is 153 Å². The summed E-state index contributed by atoms with van der Waals surface area (Å²) in [7, 11) is 0. The summed E-state index contributed by atoms with van der Waals surface area (Å²) in [5, 5.41) is 0.486. The standard InChI is InChI=1S/C19H13ClFN3O2/c1-11(25)26-19-18-22-8-9-24(18)16-7-6-12(20)10-14(16)17(23-19)13-4-2-3-5-15(13)21/h2-10,19H,1H3. The summed E-state index contributed by atoms with van der Waals surface area (Å²) >= 11 is 6.19. The molecule has 1 atom stereocenters.